The van der Waals surface area contributed by atoms with Crippen molar-refractivity contribution in [1.82, 2.24) is 24.6 Å². The lowest BCUT2D eigenvalue weighted by molar-refractivity contribution is -0.116. The van der Waals surface area contributed by atoms with Crippen LogP contribution in [-0.4, -0.2) is 30.5 Å². The molecule has 1 aromatic carbocycles. The van der Waals surface area contributed by atoms with E-state index in [1.165, 1.54) is 6.33 Å². The fourth-order valence-corrected chi connectivity index (χ4v) is 3.17. The number of carbonyl (C=O) groups is 1. The van der Waals surface area contributed by atoms with Crippen LogP contribution in [0.1, 0.15) is 23.4 Å². The molecule has 0 fully saturated rings. The Morgan fingerprint density at radius 1 is 1.15 bits per heavy atom. The van der Waals surface area contributed by atoms with Crippen LogP contribution in [0.2, 0.25) is 0 Å². The van der Waals surface area contributed by atoms with Crippen LogP contribution >= 0.6 is 0 Å². The highest BCUT2D eigenvalue weighted by Gasteiger charge is 2.13. The molecule has 26 heavy (non-hydrogen) atoms. The van der Waals surface area contributed by atoms with Gasteiger partial charge >= 0.3 is 0 Å². The topological polar surface area (TPSA) is 85.1 Å². The third kappa shape index (κ3) is 2.88. The van der Waals surface area contributed by atoms with Crippen LogP contribution in [0, 0.1) is 13.8 Å². The smallest absolute Gasteiger partial charge is 0.252 e. The number of nitrogens with one attached hydrogen (secondary N) is 1. The zero-order chi connectivity index (χ0) is 18.1. The first-order valence-electron chi connectivity index (χ1n) is 8.43. The van der Waals surface area contributed by atoms with Crippen molar-refractivity contribution in [1.29, 1.82) is 0 Å². The highest BCUT2D eigenvalue weighted by Crippen LogP contribution is 2.21. The number of carbonyl (C=O) groups excluding carboxylic acids is 1. The number of hydrogen-bond donors (Lipinski definition) is 1. The molecule has 0 aliphatic carbocycles. The number of aromatic nitrogens is 5. The van der Waals surface area contributed by atoms with Gasteiger partial charge in [-0.25, -0.2) is 9.50 Å². The number of aryl methyl sites for hydroxylation is 2. The molecule has 4 aromatic rings. The fraction of sp³-hybridized carbons (Fsp3) is 0.211. The van der Waals surface area contributed by atoms with Crippen molar-refractivity contribution in [2.24, 2.45) is 0 Å². The number of hydrogen-bond acceptors (Lipinski definition) is 5. The second-order valence-corrected chi connectivity index (χ2v) is 6.16. The van der Waals surface area contributed by atoms with Gasteiger partial charge in [0.2, 0.25) is 5.91 Å². The SMILES string of the molecule is Cc1nc2ncnn2c(C)c1CCC(=O)Nc1cccc2cccnc12. The van der Waals surface area contributed by atoms with E-state index in [0.29, 0.717) is 18.6 Å². The molecule has 0 aliphatic heterocycles. The molecule has 0 radical (unpaired) electrons. The number of benzene rings is 1. The number of fused-ring (bicyclic) bond motifs is 2. The van der Waals surface area contributed by atoms with Crippen LogP contribution in [0.5, 0.6) is 0 Å². The molecule has 130 valence electrons. The Morgan fingerprint density at radius 2 is 2.00 bits per heavy atom. The van der Waals surface area contributed by atoms with Crippen molar-refractivity contribution < 1.29 is 4.79 Å². The number of pyridine rings is 1. The van der Waals surface area contributed by atoms with Gasteiger partial charge in [-0.3, -0.25) is 9.78 Å². The van der Waals surface area contributed by atoms with Crippen molar-refractivity contribution >= 4 is 28.3 Å². The number of para-hydroxylation sites is 1. The van der Waals surface area contributed by atoms with Gasteiger partial charge in [0.25, 0.3) is 5.78 Å². The van der Waals surface area contributed by atoms with Gasteiger partial charge < -0.3 is 5.32 Å². The first-order chi connectivity index (χ1) is 12.6. The average molecular weight is 346 g/mol. The number of rotatable bonds is 4. The molecule has 3 heterocycles. The zero-order valence-electron chi connectivity index (χ0n) is 14.6. The molecule has 0 spiro atoms. The molecule has 4 rings (SSSR count). The van der Waals surface area contributed by atoms with Crippen LogP contribution in [0.25, 0.3) is 16.7 Å². The monoisotopic (exact) mass is 346 g/mol. The second kappa shape index (κ2) is 6.51. The lowest BCUT2D eigenvalue weighted by Gasteiger charge is -2.11. The maximum absolute atomic E-state index is 12.5. The Labute approximate surface area is 150 Å². The largest absolute Gasteiger partial charge is 0.324 e. The quantitative estimate of drug-likeness (QED) is 0.614. The van der Waals surface area contributed by atoms with Crippen molar-refractivity contribution in [2.75, 3.05) is 5.32 Å². The highest BCUT2D eigenvalue weighted by atomic mass is 16.1. The van der Waals surface area contributed by atoms with E-state index in [0.717, 1.165) is 33.5 Å². The lowest BCUT2D eigenvalue weighted by atomic mass is 10.1. The van der Waals surface area contributed by atoms with Crippen molar-refractivity contribution in [3.63, 3.8) is 0 Å². The predicted octanol–water partition coefficient (Wildman–Crippen LogP) is 2.86. The van der Waals surface area contributed by atoms with Gasteiger partial charge in [0.05, 0.1) is 11.2 Å². The van der Waals surface area contributed by atoms with E-state index in [4.69, 9.17) is 0 Å². The Balaban J connectivity index is 1.52. The summed E-state index contributed by atoms with van der Waals surface area (Å²) in [6, 6.07) is 9.61. The van der Waals surface area contributed by atoms with Gasteiger partial charge in [-0.1, -0.05) is 18.2 Å². The second-order valence-electron chi connectivity index (χ2n) is 6.16. The van der Waals surface area contributed by atoms with Gasteiger partial charge in [0.15, 0.2) is 0 Å². The molecule has 0 saturated carbocycles. The third-order valence-electron chi connectivity index (χ3n) is 4.50. The number of nitrogens with zero attached hydrogens (tertiary/aromatic N) is 5. The minimum Gasteiger partial charge on any atom is -0.324 e. The molecule has 7 nitrogen and oxygen atoms in total. The van der Waals surface area contributed by atoms with Crippen LogP contribution in [0.15, 0.2) is 42.9 Å². The van der Waals surface area contributed by atoms with E-state index >= 15 is 0 Å². The van der Waals surface area contributed by atoms with Crippen LogP contribution in [0.4, 0.5) is 5.69 Å². The standard InChI is InChI=1S/C19H18N6O/c1-12-15(13(2)25-19(23-12)21-11-22-25)8-9-17(26)24-16-7-3-5-14-6-4-10-20-18(14)16/h3-7,10-11H,8-9H2,1-2H3,(H,24,26). The van der Waals surface area contributed by atoms with E-state index in [-0.39, 0.29) is 5.91 Å². The average Bonchev–Trinajstić information content (AvgIpc) is 3.10. The van der Waals surface area contributed by atoms with Gasteiger partial charge in [0, 0.05) is 29.4 Å². The molecule has 1 N–H and O–H groups in total. The van der Waals surface area contributed by atoms with E-state index in [9.17, 15) is 4.79 Å². The molecular formula is C19H18N6O. The molecular weight excluding hydrogens is 328 g/mol. The Hall–Kier alpha value is -3.35. The van der Waals surface area contributed by atoms with E-state index < -0.39 is 0 Å². The van der Waals surface area contributed by atoms with Gasteiger partial charge in [-0.05, 0) is 38.0 Å². The van der Waals surface area contributed by atoms with E-state index in [1.54, 1.807) is 10.7 Å². The Kier molecular flexibility index (Phi) is 4.04. The summed E-state index contributed by atoms with van der Waals surface area (Å²) in [6.45, 7) is 3.90. The maximum atomic E-state index is 12.5. The molecule has 0 unspecified atom stereocenters. The highest BCUT2D eigenvalue weighted by molar-refractivity contribution is 6.00. The molecule has 0 aliphatic rings. The fourth-order valence-electron chi connectivity index (χ4n) is 3.17. The number of anilines is 1. The van der Waals surface area contributed by atoms with Crippen LogP contribution in [0.3, 0.4) is 0 Å². The van der Waals surface area contributed by atoms with Gasteiger partial charge in [0.1, 0.15) is 6.33 Å². The van der Waals surface area contributed by atoms with Gasteiger partial charge in [-0.2, -0.15) is 10.1 Å². The maximum Gasteiger partial charge on any atom is 0.252 e. The normalized spacial score (nSPS) is 11.2. The predicted molar refractivity (Wildman–Crippen MR) is 98.9 cm³/mol. The molecule has 1 amide bonds. The summed E-state index contributed by atoms with van der Waals surface area (Å²) < 4.78 is 1.70. The third-order valence-corrected chi connectivity index (χ3v) is 4.50. The Morgan fingerprint density at radius 3 is 2.88 bits per heavy atom. The molecule has 7 heteroatoms. The summed E-state index contributed by atoms with van der Waals surface area (Å²) in [5.74, 6) is 0.524. The summed E-state index contributed by atoms with van der Waals surface area (Å²) >= 11 is 0. The summed E-state index contributed by atoms with van der Waals surface area (Å²) in [5, 5.41) is 8.15. The van der Waals surface area contributed by atoms with Crippen molar-refractivity contribution in [3.05, 3.63) is 59.8 Å². The minimum absolute atomic E-state index is 0.0550. The van der Waals surface area contributed by atoms with E-state index in [2.05, 4.69) is 25.4 Å². The van der Waals surface area contributed by atoms with E-state index in [1.807, 2.05) is 44.2 Å². The molecule has 0 atom stereocenters. The number of amides is 1. The van der Waals surface area contributed by atoms with Crippen molar-refractivity contribution in [2.45, 2.75) is 26.7 Å². The van der Waals surface area contributed by atoms with Crippen molar-refractivity contribution in [3.8, 4) is 0 Å². The first-order valence-corrected chi connectivity index (χ1v) is 8.43. The molecule has 0 saturated heterocycles. The first kappa shape index (κ1) is 16.1. The van der Waals surface area contributed by atoms with Crippen LogP contribution in [-0.2, 0) is 11.2 Å². The minimum atomic E-state index is -0.0550. The summed E-state index contributed by atoms with van der Waals surface area (Å²) in [7, 11) is 0. The summed E-state index contributed by atoms with van der Waals surface area (Å²) in [6.07, 6.45) is 4.15. The molecule has 0 bridgehead atoms. The summed E-state index contributed by atoms with van der Waals surface area (Å²) in [5.41, 5.74) is 4.38. The van der Waals surface area contributed by atoms with Crippen LogP contribution < -0.4 is 5.32 Å². The summed E-state index contributed by atoms with van der Waals surface area (Å²) in [4.78, 5) is 25.4. The zero-order valence-corrected chi connectivity index (χ0v) is 14.6. The Bertz CT molecular complexity index is 1110. The molecule has 3 aromatic heterocycles. The lowest BCUT2D eigenvalue weighted by Crippen LogP contribution is -2.14. The van der Waals surface area contributed by atoms with Gasteiger partial charge in [-0.15, -0.1) is 0 Å².